The first kappa shape index (κ1) is 32.8. The smallest absolute Gasteiger partial charge is 0.338 e. The highest BCUT2D eigenvalue weighted by Crippen LogP contribution is 2.37. The molecule has 0 atom stereocenters. The van der Waals surface area contributed by atoms with Crippen molar-refractivity contribution in [2.75, 3.05) is 57.9 Å². The minimum atomic E-state index is -4.38. The van der Waals surface area contributed by atoms with E-state index in [2.05, 4.69) is 5.32 Å². The van der Waals surface area contributed by atoms with Crippen molar-refractivity contribution in [1.82, 2.24) is 9.37 Å². The van der Waals surface area contributed by atoms with Gasteiger partial charge in [-0.2, -0.15) is 30.5 Å². The van der Waals surface area contributed by atoms with E-state index in [0.29, 0.717) is 16.7 Å². The Kier molecular flexibility index (Phi) is 10.4. The number of fused-ring (bicyclic) bond motifs is 2. The third-order valence-electron chi connectivity index (χ3n) is 6.66. The van der Waals surface area contributed by atoms with Crippen LogP contribution >= 0.6 is 0 Å². The van der Waals surface area contributed by atoms with Gasteiger partial charge in [0, 0.05) is 49.3 Å². The molecule has 4 rings (SSSR count). The van der Waals surface area contributed by atoms with Crippen LogP contribution < -0.4 is 5.32 Å². The first-order valence-electron chi connectivity index (χ1n) is 13.1. The zero-order valence-electron chi connectivity index (χ0n) is 22.8. The fourth-order valence-electron chi connectivity index (χ4n) is 4.63. The summed E-state index contributed by atoms with van der Waals surface area (Å²) >= 11 is 0. The number of rotatable bonds is 15. The first-order valence-corrected chi connectivity index (χ1v) is 15.9. The van der Waals surface area contributed by atoms with E-state index >= 15 is 0 Å². The topological polar surface area (TPSA) is 220 Å². The number of hydrogen-bond donors (Lipinski definition) is 5. The predicted molar refractivity (Wildman–Crippen MR) is 149 cm³/mol. The largest absolute Gasteiger partial charge is 0.395 e. The lowest BCUT2D eigenvalue weighted by atomic mass is 10.1. The summed E-state index contributed by atoms with van der Waals surface area (Å²) in [6.07, 6.45) is 0.0452. The Balaban J connectivity index is 1.52. The van der Waals surface area contributed by atoms with Crippen molar-refractivity contribution in [1.29, 1.82) is 0 Å². The maximum atomic E-state index is 13.2. The second-order valence-electron chi connectivity index (χ2n) is 9.48. The van der Waals surface area contributed by atoms with Crippen LogP contribution in [0.3, 0.4) is 0 Å². The predicted octanol–water partition coefficient (Wildman–Crippen LogP) is -1.06. The summed E-state index contributed by atoms with van der Waals surface area (Å²) in [5, 5.41) is 40.1. The first-order chi connectivity index (χ1) is 20.4. The van der Waals surface area contributed by atoms with Gasteiger partial charge in [0.05, 0.1) is 49.3 Å². The molecule has 0 fully saturated rings. The van der Waals surface area contributed by atoms with Crippen molar-refractivity contribution >= 4 is 37.7 Å². The molecule has 2 aliphatic rings. The Hall–Kier alpha value is -3.10. The molecule has 0 bridgehead atoms. The molecule has 17 heteroatoms. The van der Waals surface area contributed by atoms with Gasteiger partial charge in [0.1, 0.15) is 0 Å². The van der Waals surface area contributed by atoms with Gasteiger partial charge >= 0.3 is 20.4 Å². The van der Waals surface area contributed by atoms with Crippen molar-refractivity contribution in [2.24, 2.45) is 0 Å². The average molecular weight is 642 g/mol. The van der Waals surface area contributed by atoms with Crippen LogP contribution in [0.1, 0.15) is 31.8 Å². The number of hydroxylamine groups is 2. The molecule has 2 aromatic rings. The normalized spacial score (nSPS) is 16.7. The zero-order chi connectivity index (χ0) is 31.4. The number of aliphatic hydroxyl groups excluding tert-OH is 4. The van der Waals surface area contributed by atoms with Gasteiger partial charge in [-0.15, -0.1) is 0 Å². The second-order valence-corrected chi connectivity index (χ2v) is 12.6. The summed E-state index contributed by atoms with van der Waals surface area (Å²) in [6.45, 7) is -2.98. The number of benzene rings is 2. The minimum Gasteiger partial charge on any atom is -0.395 e. The average Bonchev–Trinajstić information content (AvgIpc) is 3.47. The van der Waals surface area contributed by atoms with Crippen LogP contribution in [0.4, 0.5) is 5.69 Å². The molecule has 0 saturated carbocycles. The SMILES string of the molecule is O=C1/C(=C2\Nc3cc(S(=O)(=O)ON(CCO)CCO)ccc3C2=O)Cc2cc(COS(=O)(=O)N(CCO)CCO)ccc21. The third kappa shape index (κ3) is 7.18. The quantitative estimate of drug-likeness (QED) is 0.116. The van der Waals surface area contributed by atoms with E-state index in [1.54, 1.807) is 6.07 Å². The Bertz CT molecular complexity index is 1630. The Morgan fingerprint density at radius 2 is 1.42 bits per heavy atom. The molecule has 5 N–H and O–H groups in total. The number of nitrogens with zero attached hydrogens (tertiary/aromatic N) is 2. The summed E-state index contributed by atoms with van der Waals surface area (Å²) in [5.41, 5.74) is 1.69. The van der Waals surface area contributed by atoms with Gasteiger partial charge in [-0.1, -0.05) is 18.2 Å². The van der Waals surface area contributed by atoms with Gasteiger partial charge in [-0.25, -0.2) is 0 Å². The van der Waals surface area contributed by atoms with Gasteiger partial charge in [0.15, 0.2) is 5.78 Å². The van der Waals surface area contributed by atoms with E-state index < -0.39 is 58.4 Å². The van der Waals surface area contributed by atoms with Crippen LogP contribution in [-0.2, 0) is 41.9 Å². The summed E-state index contributed by atoms with van der Waals surface area (Å²) in [7, 11) is -8.63. The van der Waals surface area contributed by atoms with Crippen molar-refractivity contribution in [3.8, 4) is 0 Å². The van der Waals surface area contributed by atoms with Crippen molar-refractivity contribution in [2.45, 2.75) is 17.9 Å². The molecule has 0 spiro atoms. The van der Waals surface area contributed by atoms with E-state index in [4.69, 9.17) is 28.9 Å². The molecule has 0 amide bonds. The molecule has 1 aliphatic heterocycles. The number of ketones is 2. The summed E-state index contributed by atoms with van der Waals surface area (Å²) in [4.78, 5) is 26.1. The Morgan fingerprint density at radius 3 is 2.05 bits per heavy atom. The van der Waals surface area contributed by atoms with Crippen molar-refractivity contribution < 1.29 is 55.3 Å². The molecule has 1 heterocycles. The van der Waals surface area contributed by atoms with Gasteiger partial charge in [-0.05, 0) is 29.3 Å². The number of aliphatic hydroxyl groups is 4. The van der Waals surface area contributed by atoms with E-state index in [1.165, 1.54) is 30.3 Å². The minimum absolute atomic E-state index is 0.0159. The van der Waals surface area contributed by atoms with E-state index in [-0.39, 0.29) is 66.6 Å². The molecule has 2 aromatic carbocycles. The molecule has 43 heavy (non-hydrogen) atoms. The molecule has 0 saturated heterocycles. The number of anilines is 1. The van der Waals surface area contributed by atoms with Crippen LogP contribution in [0, 0.1) is 0 Å². The summed E-state index contributed by atoms with van der Waals surface area (Å²) in [5.74, 6) is -0.934. The van der Waals surface area contributed by atoms with Crippen LogP contribution in [-0.4, -0.2) is 111 Å². The van der Waals surface area contributed by atoms with Gasteiger partial charge in [-0.3, -0.25) is 13.8 Å². The number of hydrogen-bond acceptors (Lipinski definition) is 14. The number of allylic oxidation sites excluding steroid dienone is 2. The standard InChI is InChI=1S/C26H31N3O12S2/c30-9-5-28(6-10-31)41-42(36,37)19-2-4-21-23(15-19)27-24(26(21)35)22-14-18-13-17(1-3-20(18)25(22)34)16-40-43(38,39)29(7-11-32)8-12-33/h1-4,13,15,27,30-33H,5-12,14,16H2/b24-22-. The molecule has 15 nitrogen and oxygen atoms in total. The summed E-state index contributed by atoms with van der Waals surface area (Å²) < 4.78 is 61.3. The Morgan fingerprint density at radius 1 is 0.791 bits per heavy atom. The fraction of sp³-hybridized carbons (Fsp3) is 0.385. The van der Waals surface area contributed by atoms with Gasteiger partial charge < -0.3 is 25.7 Å². The maximum Gasteiger partial charge on any atom is 0.338 e. The number of carbonyl (C=O) groups is 2. The van der Waals surface area contributed by atoms with Crippen molar-refractivity contribution in [3.05, 3.63) is 69.9 Å². The highest BCUT2D eigenvalue weighted by molar-refractivity contribution is 7.86. The highest BCUT2D eigenvalue weighted by atomic mass is 32.2. The highest BCUT2D eigenvalue weighted by Gasteiger charge is 2.36. The van der Waals surface area contributed by atoms with Gasteiger partial charge in [0.25, 0.3) is 0 Å². The lowest BCUT2D eigenvalue weighted by Crippen LogP contribution is -2.36. The summed E-state index contributed by atoms with van der Waals surface area (Å²) in [6, 6.07) is 8.23. The molecular formula is C26H31N3O12S2. The van der Waals surface area contributed by atoms with Crippen LogP contribution in [0.5, 0.6) is 0 Å². The number of nitrogens with one attached hydrogen (secondary N) is 1. The van der Waals surface area contributed by atoms with Gasteiger partial charge in [0.2, 0.25) is 5.78 Å². The van der Waals surface area contributed by atoms with Crippen LogP contribution in [0.15, 0.2) is 52.6 Å². The fourth-order valence-corrected chi connectivity index (χ4v) is 6.68. The van der Waals surface area contributed by atoms with Crippen LogP contribution in [0.2, 0.25) is 0 Å². The molecule has 1 aliphatic carbocycles. The lowest BCUT2D eigenvalue weighted by molar-refractivity contribution is -0.0696. The molecular weight excluding hydrogens is 610 g/mol. The Labute approximate surface area is 247 Å². The molecule has 234 valence electrons. The zero-order valence-corrected chi connectivity index (χ0v) is 24.4. The number of Topliss-reactive ketones (excluding diaryl/α,β-unsaturated/α-hetero) is 2. The van der Waals surface area contributed by atoms with E-state index in [9.17, 15) is 26.4 Å². The van der Waals surface area contributed by atoms with E-state index in [1.807, 2.05) is 0 Å². The molecule has 0 radical (unpaired) electrons. The molecule has 0 aromatic heterocycles. The molecule has 0 unspecified atom stereocenters. The second kappa shape index (κ2) is 13.7. The van der Waals surface area contributed by atoms with E-state index in [0.717, 1.165) is 9.37 Å². The monoisotopic (exact) mass is 641 g/mol. The lowest BCUT2D eigenvalue weighted by Gasteiger charge is -2.19. The number of carbonyl (C=O) groups excluding carboxylic acids is 2. The van der Waals surface area contributed by atoms with Crippen LogP contribution in [0.25, 0.3) is 0 Å². The third-order valence-corrected chi connectivity index (χ3v) is 9.31. The van der Waals surface area contributed by atoms with Crippen molar-refractivity contribution in [3.63, 3.8) is 0 Å². The maximum absolute atomic E-state index is 13.2.